The lowest BCUT2D eigenvalue weighted by Crippen LogP contribution is -2.19. The molecular formula is C12H18Br4. The summed E-state index contributed by atoms with van der Waals surface area (Å²) < 4.78 is 0. The van der Waals surface area contributed by atoms with Gasteiger partial charge in [0.05, 0.1) is 0 Å². The summed E-state index contributed by atoms with van der Waals surface area (Å²) >= 11 is 15.1. The SMILES string of the molecule is Br[C@@H]1CC/C=C\CC[C@@H](Br)[C@@H](Br)CC[C@@H]1Br. The molecule has 0 N–H and O–H groups in total. The van der Waals surface area contributed by atoms with E-state index in [1.165, 1.54) is 38.5 Å². The number of hydrogen-bond acceptors (Lipinski definition) is 0. The van der Waals surface area contributed by atoms with Gasteiger partial charge in [0.15, 0.2) is 0 Å². The van der Waals surface area contributed by atoms with Gasteiger partial charge in [-0.25, -0.2) is 0 Å². The van der Waals surface area contributed by atoms with E-state index in [0.717, 1.165) is 0 Å². The van der Waals surface area contributed by atoms with Gasteiger partial charge in [-0.3, -0.25) is 0 Å². The third-order valence-electron chi connectivity index (χ3n) is 2.89. The summed E-state index contributed by atoms with van der Waals surface area (Å²) in [4.78, 5) is 2.34. The van der Waals surface area contributed by atoms with E-state index in [9.17, 15) is 0 Å². The molecule has 0 spiro atoms. The Hall–Kier alpha value is 1.66. The molecule has 1 aliphatic carbocycles. The molecule has 0 nitrogen and oxygen atoms in total. The van der Waals surface area contributed by atoms with Crippen LogP contribution in [0.25, 0.3) is 0 Å². The van der Waals surface area contributed by atoms with Crippen molar-refractivity contribution in [2.24, 2.45) is 0 Å². The molecule has 16 heavy (non-hydrogen) atoms. The highest BCUT2D eigenvalue weighted by atomic mass is 79.9. The summed E-state index contributed by atoms with van der Waals surface area (Å²) in [7, 11) is 0. The second-order valence-corrected chi connectivity index (χ2v) is 8.97. The van der Waals surface area contributed by atoms with Crippen molar-refractivity contribution in [1.29, 1.82) is 0 Å². The quantitative estimate of drug-likeness (QED) is 0.296. The lowest BCUT2D eigenvalue weighted by Gasteiger charge is -2.21. The van der Waals surface area contributed by atoms with Crippen LogP contribution in [0, 0.1) is 0 Å². The Labute approximate surface area is 133 Å². The molecule has 4 heteroatoms. The Kier molecular flexibility index (Phi) is 8.55. The van der Waals surface area contributed by atoms with Gasteiger partial charge < -0.3 is 0 Å². The maximum atomic E-state index is 3.78. The van der Waals surface area contributed by atoms with Crippen LogP contribution in [-0.2, 0) is 0 Å². The van der Waals surface area contributed by atoms with Crippen molar-refractivity contribution < 1.29 is 0 Å². The highest BCUT2D eigenvalue weighted by molar-refractivity contribution is 9.12. The molecule has 0 fully saturated rings. The highest BCUT2D eigenvalue weighted by Crippen LogP contribution is 2.29. The van der Waals surface area contributed by atoms with E-state index in [4.69, 9.17) is 0 Å². The summed E-state index contributed by atoms with van der Waals surface area (Å²) in [6.45, 7) is 0. The van der Waals surface area contributed by atoms with Gasteiger partial charge in [-0.2, -0.15) is 0 Å². The zero-order chi connectivity index (χ0) is 12.0. The molecule has 0 heterocycles. The van der Waals surface area contributed by atoms with Gasteiger partial charge >= 0.3 is 0 Å². The molecule has 0 aromatic carbocycles. The smallest absolute Gasteiger partial charge is 0.0274 e. The molecule has 0 aliphatic heterocycles. The van der Waals surface area contributed by atoms with Crippen molar-refractivity contribution in [3.8, 4) is 0 Å². The number of halogens is 4. The molecule has 0 amide bonds. The van der Waals surface area contributed by atoms with Crippen LogP contribution in [0.4, 0.5) is 0 Å². The largest absolute Gasteiger partial charge is 0.0885 e. The third kappa shape index (κ3) is 6.01. The molecule has 0 saturated heterocycles. The van der Waals surface area contributed by atoms with Gasteiger partial charge in [0.25, 0.3) is 0 Å². The topological polar surface area (TPSA) is 0 Å². The van der Waals surface area contributed by atoms with Gasteiger partial charge in [0.1, 0.15) is 0 Å². The van der Waals surface area contributed by atoms with Crippen molar-refractivity contribution in [3.05, 3.63) is 12.2 Å². The summed E-state index contributed by atoms with van der Waals surface area (Å²) in [5, 5.41) is 0. The molecule has 0 saturated carbocycles. The molecule has 0 unspecified atom stereocenters. The average molecular weight is 482 g/mol. The summed E-state index contributed by atoms with van der Waals surface area (Å²) in [5.74, 6) is 0. The molecule has 0 radical (unpaired) electrons. The van der Waals surface area contributed by atoms with Crippen molar-refractivity contribution in [2.75, 3.05) is 0 Å². The Morgan fingerprint density at radius 1 is 0.562 bits per heavy atom. The fraction of sp³-hybridized carbons (Fsp3) is 0.833. The van der Waals surface area contributed by atoms with E-state index in [0.29, 0.717) is 19.3 Å². The monoisotopic (exact) mass is 478 g/mol. The van der Waals surface area contributed by atoms with Crippen LogP contribution < -0.4 is 0 Å². The van der Waals surface area contributed by atoms with E-state index in [2.05, 4.69) is 75.9 Å². The van der Waals surface area contributed by atoms with E-state index in [-0.39, 0.29) is 0 Å². The summed E-state index contributed by atoms with van der Waals surface area (Å²) in [6, 6.07) is 0. The highest BCUT2D eigenvalue weighted by Gasteiger charge is 2.20. The first-order valence-electron chi connectivity index (χ1n) is 5.82. The first-order chi connectivity index (χ1) is 7.61. The molecule has 1 aliphatic rings. The Bertz CT molecular complexity index is 195. The van der Waals surface area contributed by atoms with Gasteiger partial charge in [-0.1, -0.05) is 75.9 Å². The minimum absolute atomic E-state index is 0.583. The summed E-state index contributed by atoms with van der Waals surface area (Å²) in [5.41, 5.74) is 0. The molecular weight excluding hydrogens is 464 g/mol. The molecule has 0 bridgehead atoms. The van der Waals surface area contributed by atoms with Gasteiger partial charge in [-0.05, 0) is 38.5 Å². The van der Waals surface area contributed by atoms with Crippen molar-refractivity contribution in [1.82, 2.24) is 0 Å². The van der Waals surface area contributed by atoms with E-state index < -0.39 is 0 Å². The van der Waals surface area contributed by atoms with Crippen LogP contribution >= 0.6 is 63.7 Å². The Morgan fingerprint density at radius 3 is 1.25 bits per heavy atom. The van der Waals surface area contributed by atoms with E-state index in [1.807, 2.05) is 0 Å². The predicted molar refractivity (Wildman–Crippen MR) is 87.7 cm³/mol. The Balaban J connectivity index is 2.52. The fourth-order valence-corrected chi connectivity index (χ4v) is 3.90. The number of rotatable bonds is 0. The predicted octanol–water partition coefficient (Wildman–Crippen LogP) is 5.95. The fourth-order valence-electron chi connectivity index (χ4n) is 1.79. The van der Waals surface area contributed by atoms with Gasteiger partial charge in [0, 0.05) is 19.3 Å². The maximum absolute atomic E-state index is 3.78. The lowest BCUT2D eigenvalue weighted by atomic mass is 10.0. The minimum Gasteiger partial charge on any atom is -0.0885 e. The number of allylic oxidation sites excluding steroid dienone is 2. The number of hydrogen-bond donors (Lipinski definition) is 0. The zero-order valence-electron chi connectivity index (χ0n) is 9.22. The number of alkyl halides is 4. The van der Waals surface area contributed by atoms with Crippen LogP contribution in [0.2, 0.25) is 0 Å². The van der Waals surface area contributed by atoms with Gasteiger partial charge in [-0.15, -0.1) is 0 Å². The lowest BCUT2D eigenvalue weighted by molar-refractivity contribution is 0.617. The second kappa shape index (κ2) is 8.71. The van der Waals surface area contributed by atoms with Crippen LogP contribution in [0.3, 0.4) is 0 Å². The zero-order valence-corrected chi connectivity index (χ0v) is 15.6. The van der Waals surface area contributed by atoms with Crippen LogP contribution in [0.15, 0.2) is 12.2 Å². The summed E-state index contributed by atoms with van der Waals surface area (Å²) in [6.07, 6.45) is 11.9. The Morgan fingerprint density at radius 2 is 0.875 bits per heavy atom. The van der Waals surface area contributed by atoms with Crippen molar-refractivity contribution >= 4 is 63.7 Å². The van der Waals surface area contributed by atoms with Crippen LogP contribution in [0.5, 0.6) is 0 Å². The average Bonchev–Trinajstić information content (AvgIpc) is 2.27. The van der Waals surface area contributed by atoms with Crippen LogP contribution in [-0.4, -0.2) is 19.3 Å². The molecule has 4 atom stereocenters. The van der Waals surface area contributed by atoms with Crippen molar-refractivity contribution in [2.45, 2.75) is 57.8 Å². The second-order valence-electron chi connectivity index (χ2n) is 4.27. The first-order valence-corrected chi connectivity index (χ1v) is 9.49. The molecule has 0 aromatic heterocycles. The molecule has 94 valence electrons. The normalized spacial score (nSPS) is 40.8. The van der Waals surface area contributed by atoms with Gasteiger partial charge in [0.2, 0.25) is 0 Å². The van der Waals surface area contributed by atoms with E-state index >= 15 is 0 Å². The third-order valence-corrected chi connectivity index (χ3v) is 8.69. The van der Waals surface area contributed by atoms with E-state index in [1.54, 1.807) is 0 Å². The maximum Gasteiger partial charge on any atom is 0.0274 e. The minimum atomic E-state index is 0.583. The molecule has 1 rings (SSSR count). The molecule has 0 aromatic rings. The van der Waals surface area contributed by atoms with Crippen molar-refractivity contribution in [3.63, 3.8) is 0 Å². The van der Waals surface area contributed by atoms with Crippen LogP contribution in [0.1, 0.15) is 38.5 Å². The standard InChI is InChI=1S/C12H18Br4/c13-9-5-3-1-2-4-6-10(14)12(16)8-7-11(9)15/h1-2,9-12H,3-8H2/b2-1-/t9-,10-,11+,12+/m1/s1. The first kappa shape index (κ1) is 15.7.